The highest BCUT2D eigenvalue weighted by molar-refractivity contribution is 7.52. The molecule has 1 fully saturated rings. The number of nitrogens with one attached hydrogen (secondary N) is 1. The standard InChI is InChI=1S/C26H31N6O8P/c1-4-37-26(35)14(2)31-41(36,40-18-11-7-9-16-8-5-6-10-17(16)18)39-15(3)22-20(33)21(34)25(38-22)32-13-30-19-23(27)28-12-29-24(19)32/h5-15,20-22,25,33-34H,4H2,1-3H3,(H,31,36)(H2,27,28,29)/t14-,15-,20-,21+,22+,25+,41?/m0/s1. The topological polar surface area (TPSA) is 193 Å². The third kappa shape index (κ3) is 5.75. The summed E-state index contributed by atoms with van der Waals surface area (Å²) in [6, 6.07) is 11.5. The second kappa shape index (κ2) is 11.7. The zero-order chi connectivity index (χ0) is 29.3. The van der Waals surface area contributed by atoms with Crippen molar-refractivity contribution in [2.24, 2.45) is 0 Å². The van der Waals surface area contributed by atoms with Crippen molar-refractivity contribution in [2.45, 2.75) is 57.5 Å². The van der Waals surface area contributed by atoms with Crippen LogP contribution in [0.25, 0.3) is 21.9 Å². The summed E-state index contributed by atoms with van der Waals surface area (Å²) in [6.07, 6.45) is -3.68. The molecule has 1 aliphatic heterocycles. The minimum absolute atomic E-state index is 0.122. The molecule has 5 rings (SSSR count). The summed E-state index contributed by atoms with van der Waals surface area (Å²) < 4.78 is 38.5. The number of ether oxygens (including phenoxy) is 2. The first-order chi connectivity index (χ1) is 19.6. The highest BCUT2D eigenvalue weighted by Crippen LogP contribution is 2.49. The molecular weight excluding hydrogens is 555 g/mol. The Hall–Kier alpha value is -3.65. The van der Waals surface area contributed by atoms with E-state index < -0.39 is 50.4 Å². The Kier molecular flexibility index (Phi) is 8.23. The maximum Gasteiger partial charge on any atom is 0.459 e. The molecule has 1 aliphatic rings. The van der Waals surface area contributed by atoms with Crippen LogP contribution in [0, 0.1) is 0 Å². The quantitative estimate of drug-likeness (QED) is 0.156. The largest absolute Gasteiger partial charge is 0.465 e. The number of benzene rings is 2. The van der Waals surface area contributed by atoms with E-state index in [4.69, 9.17) is 24.3 Å². The zero-order valence-corrected chi connectivity index (χ0v) is 23.4. The van der Waals surface area contributed by atoms with Crippen LogP contribution in [-0.4, -0.2) is 72.8 Å². The smallest absolute Gasteiger partial charge is 0.459 e. The van der Waals surface area contributed by atoms with Crippen LogP contribution in [0.1, 0.15) is 27.0 Å². The normalized spacial score (nSPS) is 23.7. The van der Waals surface area contributed by atoms with E-state index >= 15 is 0 Å². The monoisotopic (exact) mass is 586 g/mol. The Labute approximate surface area is 235 Å². The molecule has 1 unspecified atom stereocenters. The average molecular weight is 587 g/mol. The molecule has 0 spiro atoms. The molecular formula is C26H31N6O8P. The maximum atomic E-state index is 14.2. The van der Waals surface area contributed by atoms with E-state index in [0.717, 1.165) is 5.39 Å². The van der Waals surface area contributed by atoms with Crippen molar-refractivity contribution in [1.82, 2.24) is 24.6 Å². The summed E-state index contributed by atoms with van der Waals surface area (Å²) in [5.41, 5.74) is 6.46. The van der Waals surface area contributed by atoms with Gasteiger partial charge in [0.25, 0.3) is 0 Å². The fraction of sp³-hybridized carbons (Fsp3) is 0.385. The number of aliphatic hydroxyl groups is 2. The van der Waals surface area contributed by atoms with Gasteiger partial charge in [-0.15, -0.1) is 0 Å². The Morgan fingerprint density at radius 2 is 1.90 bits per heavy atom. The van der Waals surface area contributed by atoms with Crippen LogP contribution < -0.4 is 15.3 Å². The minimum Gasteiger partial charge on any atom is -0.465 e. The van der Waals surface area contributed by atoms with Crippen LogP contribution in [0.4, 0.5) is 5.82 Å². The number of hydrogen-bond donors (Lipinski definition) is 4. The number of aliphatic hydroxyl groups excluding tert-OH is 2. The van der Waals surface area contributed by atoms with Crippen LogP contribution in [0.5, 0.6) is 5.75 Å². The lowest BCUT2D eigenvalue weighted by atomic mass is 10.1. The van der Waals surface area contributed by atoms with Gasteiger partial charge >= 0.3 is 13.7 Å². The summed E-state index contributed by atoms with van der Waals surface area (Å²) >= 11 is 0. The van der Waals surface area contributed by atoms with Crippen LogP contribution in [0.2, 0.25) is 0 Å². The summed E-state index contributed by atoms with van der Waals surface area (Å²) in [5.74, 6) is -0.273. The summed E-state index contributed by atoms with van der Waals surface area (Å²) in [5, 5.41) is 25.9. The van der Waals surface area contributed by atoms with Gasteiger partial charge in [-0.1, -0.05) is 36.4 Å². The van der Waals surface area contributed by atoms with Gasteiger partial charge in [0.2, 0.25) is 0 Å². The van der Waals surface area contributed by atoms with Crippen LogP contribution in [0.3, 0.4) is 0 Å². The number of carbonyl (C=O) groups is 1. The van der Waals surface area contributed by atoms with Gasteiger partial charge in [0.15, 0.2) is 17.7 Å². The molecule has 0 saturated carbocycles. The molecule has 14 nitrogen and oxygen atoms in total. The molecule has 0 bridgehead atoms. The molecule has 41 heavy (non-hydrogen) atoms. The molecule has 0 radical (unpaired) electrons. The molecule has 2 aromatic carbocycles. The number of nitrogens with two attached hydrogens (primary N) is 1. The molecule has 3 heterocycles. The number of anilines is 1. The number of hydrogen-bond acceptors (Lipinski definition) is 12. The van der Waals surface area contributed by atoms with E-state index in [9.17, 15) is 19.6 Å². The molecule has 4 aromatic rings. The molecule has 7 atom stereocenters. The van der Waals surface area contributed by atoms with E-state index in [2.05, 4.69) is 20.0 Å². The number of fused-ring (bicyclic) bond motifs is 2. The van der Waals surface area contributed by atoms with Gasteiger partial charge in [0.05, 0.1) is 19.0 Å². The first-order valence-corrected chi connectivity index (χ1v) is 14.5. The van der Waals surface area contributed by atoms with E-state index in [1.165, 1.54) is 31.1 Å². The second-order valence-corrected chi connectivity index (χ2v) is 11.2. The van der Waals surface area contributed by atoms with Gasteiger partial charge in [0.1, 0.15) is 41.9 Å². The van der Waals surface area contributed by atoms with Crippen LogP contribution in [0.15, 0.2) is 55.1 Å². The minimum atomic E-state index is -4.34. The number of esters is 1. The van der Waals surface area contributed by atoms with Crippen LogP contribution in [-0.2, 0) is 23.4 Å². The fourth-order valence-electron chi connectivity index (χ4n) is 4.68. The average Bonchev–Trinajstić information content (AvgIpc) is 3.50. The van der Waals surface area contributed by atoms with Gasteiger partial charge in [-0.3, -0.25) is 13.9 Å². The molecule has 0 aliphatic carbocycles. The second-order valence-electron chi connectivity index (χ2n) is 9.53. The first kappa shape index (κ1) is 28.9. The van der Waals surface area contributed by atoms with Crippen molar-refractivity contribution in [3.8, 4) is 5.75 Å². The third-order valence-electron chi connectivity index (χ3n) is 6.66. The van der Waals surface area contributed by atoms with Crippen molar-refractivity contribution in [3.63, 3.8) is 0 Å². The molecule has 5 N–H and O–H groups in total. The maximum absolute atomic E-state index is 14.2. The highest BCUT2D eigenvalue weighted by atomic mass is 31.2. The summed E-state index contributed by atoms with van der Waals surface area (Å²) in [6.45, 7) is 4.74. The van der Waals surface area contributed by atoms with Crippen molar-refractivity contribution in [2.75, 3.05) is 12.3 Å². The summed E-state index contributed by atoms with van der Waals surface area (Å²) in [4.78, 5) is 24.6. The van der Waals surface area contributed by atoms with Crippen LogP contribution >= 0.6 is 7.75 Å². The van der Waals surface area contributed by atoms with E-state index in [0.29, 0.717) is 10.9 Å². The number of nitrogen functional groups attached to an aromatic ring is 1. The van der Waals surface area contributed by atoms with E-state index in [1.54, 1.807) is 31.2 Å². The SMILES string of the molecule is CCOC(=O)[C@H](C)NP(=O)(Oc1cccc2ccccc12)O[C@@H](C)[C@H]1O[C@@H](n2cnc3c(N)ncnc32)[C@H](O)[C@@H]1O. The third-order valence-corrected chi connectivity index (χ3v) is 8.41. The molecule has 1 saturated heterocycles. The first-order valence-electron chi connectivity index (χ1n) is 13.0. The Morgan fingerprint density at radius 3 is 2.68 bits per heavy atom. The number of aromatic nitrogens is 4. The van der Waals surface area contributed by atoms with Gasteiger partial charge in [-0.2, -0.15) is 5.09 Å². The highest BCUT2D eigenvalue weighted by Gasteiger charge is 2.49. The van der Waals surface area contributed by atoms with Gasteiger partial charge < -0.3 is 29.9 Å². The molecule has 2 aromatic heterocycles. The molecule has 0 amide bonds. The Balaban J connectivity index is 1.42. The zero-order valence-electron chi connectivity index (χ0n) is 22.5. The van der Waals surface area contributed by atoms with Crippen molar-refractivity contribution >= 4 is 41.5 Å². The number of imidazole rings is 1. The number of nitrogens with zero attached hydrogens (tertiary/aromatic N) is 4. The number of rotatable bonds is 10. The van der Waals surface area contributed by atoms with E-state index in [-0.39, 0.29) is 23.8 Å². The van der Waals surface area contributed by atoms with Gasteiger partial charge in [-0.25, -0.2) is 19.5 Å². The lowest BCUT2D eigenvalue weighted by Crippen LogP contribution is -2.41. The van der Waals surface area contributed by atoms with Crippen molar-refractivity contribution < 1.29 is 38.1 Å². The lowest BCUT2D eigenvalue weighted by Gasteiger charge is -2.29. The van der Waals surface area contributed by atoms with Gasteiger partial charge in [-0.05, 0) is 32.2 Å². The van der Waals surface area contributed by atoms with Gasteiger partial charge in [0, 0.05) is 5.39 Å². The number of carbonyl (C=O) groups excluding carboxylic acids is 1. The summed E-state index contributed by atoms with van der Waals surface area (Å²) in [7, 11) is -4.34. The predicted molar refractivity (Wildman–Crippen MR) is 148 cm³/mol. The van der Waals surface area contributed by atoms with Crippen molar-refractivity contribution in [3.05, 3.63) is 55.1 Å². The Morgan fingerprint density at radius 1 is 1.15 bits per heavy atom. The molecule has 218 valence electrons. The van der Waals surface area contributed by atoms with E-state index in [1.807, 2.05) is 18.2 Å². The molecule has 15 heteroatoms. The Bertz CT molecular complexity index is 1600. The van der Waals surface area contributed by atoms with Crippen molar-refractivity contribution in [1.29, 1.82) is 0 Å². The fourth-order valence-corrected chi connectivity index (χ4v) is 6.39. The predicted octanol–water partition coefficient (Wildman–Crippen LogP) is 2.31. The lowest BCUT2D eigenvalue weighted by molar-refractivity contribution is -0.144.